The van der Waals surface area contributed by atoms with Crippen molar-refractivity contribution in [3.63, 3.8) is 0 Å². The van der Waals surface area contributed by atoms with Gasteiger partial charge in [-0.05, 0) is 24.1 Å². The van der Waals surface area contributed by atoms with Crippen LogP contribution in [0.3, 0.4) is 0 Å². The first-order chi connectivity index (χ1) is 13.0. The molecule has 0 saturated heterocycles. The Hall–Kier alpha value is -3.02. The number of hydrogen-bond acceptors (Lipinski definition) is 4. The summed E-state index contributed by atoms with van der Waals surface area (Å²) < 4.78 is 10.6. The van der Waals surface area contributed by atoms with E-state index < -0.39 is 0 Å². The van der Waals surface area contributed by atoms with Crippen LogP contribution in [0.2, 0.25) is 0 Å². The number of amides is 1. The predicted molar refractivity (Wildman–Crippen MR) is 105 cm³/mol. The van der Waals surface area contributed by atoms with E-state index in [1.54, 1.807) is 20.3 Å². The second-order valence-electron chi connectivity index (χ2n) is 6.78. The maximum Gasteiger partial charge on any atom is 0.225 e. The number of para-hydroxylation sites is 2. The quantitative estimate of drug-likeness (QED) is 0.668. The second-order valence-corrected chi connectivity index (χ2v) is 6.78. The predicted octanol–water partition coefficient (Wildman–Crippen LogP) is 3.64. The van der Waals surface area contributed by atoms with E-state index in [-0.39, 0.29) is 24.3 Å². The minimum atomic E-state index is -0.200. The number of carbonyl (C=O) groups is 1. The number of ether oxygens (including phenoxy) is 2. The van der Waals surface area contributed by atoms with Gasteiger partial charge in [-0.1, -0.05) is 32.0 Å². The van der Waals surface area contributed by atoms with Gasteiger partial charge in [-0.2, -0.15) is 0 Å². The molecular weight excluding hydrogens is 342 g/mol. The normalized spacial score (nSPS) is 12.2. The lowest BCUT2D eigenvalue weighted by molar-refractivity contribution is -0.121. The Morgan fingerprint density at radius 3 is 2.59 bits per heavy atom. The maximum absolute atomic E-state index is 12.7. The van der Waals surface area contributed by atoms with Crippen molar-refractivity contribution < 1.29 is 14.3 Å². The Morgan fingerprint density at radius 1 is 1.15 bits per heavy atom. The van der Waals surface area contributed by atoms with Crippen LogP contribution in [0.4, 0.5) is 0 Å². The van der Waals surface area contributed by atoms with Crippen LogP contribution in [0, 0.1) is 5.92 Å². The molecule has 2 aromatic carbocycles. The molecule has 0 bridgehead atoms. The molecule has 3 aromatic rings. The van der Waals surface area contributed by atoms with Gasteiger partial charge in [-0.3, -0.25) is 4.79 Å². The number of fused-ring (bicyclic) bond motifs is 1. The number of rotatable bonds is 7. The van der Waals surface area contributed by atoms with Gasteiger partial charge in [-0.15, -0.1) is 0 Å². The van der Waals surface area contributed by atoms with Crippen molar-refractivity contribution in [2.75, 3.05) is 14.2 Å². The van der Waals surface area contributed by atoms with Crippen molar-refractivity contribution >= 4 is 16.9 Å². The molecule has 2 N–H and O–H groups in total. The number of methoxy groups -OCH3 is 2. The van der Waals surface area contributed by atoms with E-state index >= 15 is 0 Å². The summed E-state index contributed by atoms with van der Waals surface area (Å²) >= 11 is 0. The SMILES string of the molecule is COc1ccc(CC(=O)N[C@H](c2nc3ccccc3[nH]2)C(C)C)c(OC)c1. The van der Waals surface area contributed by atoms with Crippen LogP contribution in [-0.2, 0) is 11.2 Å². The third-order valence-electron chi connectivity index (χ3n) is 4.53. The van der Waals surface area contributed by atoms with Crippen molar-refractivity contribution in [1.29, 1.82) is 0 Å². The zero-order valence-electron chi connectivity index (χ0n) is 16.1. The molecule has 6 nitrogen and oxygen atoms in total. The number of nitrogens with one attached hydrogen (secondary N) is 2. The number of nitrogens with zero attached hydrogens (tertiary/aromatic N) is 1. The third-order valence-corrected chi connectivity index (χ3v) is 4.53. The largest absolute Gasteiger partial charge is 0.497 e. The smallest absolute Gasteiger partial charge is 0.225 e. The molecule has 0 aliphatic carbocycles. The van der Waals surface area contributed by atoms with Crippen LogP contribution >= 0.6 is 0 Å². The summed E-state index contributed by atoms with van der Waals surface area (Å²) in [5.41, 5.74) is 2.66. The number of H-pyrrole nitrogens is 1. The minimum Gasteiger partial charge on any atom is -0.497 e. The Balaban J connectivity index is 1.78. The fraction of sp³-hybridized carbons (Fsp3) is 0.333. The van der Waals surface area contributed by atoms with Crippen LogP contribution in [0.15, 0.2) is 42.5 Å². The van der Waals surface area contributed by atoms with Gasteiger partial charge in [-0.25, -0.2) is 4.98 Å². The van der Waals surface area contributed by atoms with Crippen molar-refractivity contribution in [3.05, 3.63) is 53.9 Å². The topological polar surface area (TPSA) is 76.2 Å². The van der Waals surface area contributed by atoms with Gasteiger partial charge in [0, 0.05) is 11.6 Å². The Labute approximate surface area is 158 Å². The molecule has 27 heavy (non-hydrogen) atoms. The van der Waals surface area contributed by atoms with E-state index in [1.807, 2.05) is 36.4 Å². The molecule has 6 heteroatoms. The molecule has 0 spiro atoms. The van der Waals surface area contributed by atoms with E-state index in [0.29, 0.717) is 11.5 Å². The summed E-state index contributed by atoms with van der Waals surface area (Å²) in [6, 6.07) is 13.1. The second kappa shape index (κ2) is 8.12. The highest BCUT2D eigenvalue weighted by Crippen LogP contribution is 2.26. The first kappa shape index (κ1) is 18.8. The fourth-order valence-electron chi connectivity index (χ4n) is 3.07. The van der Waals surface area contributed by atoms with Gasteiger partial charge < -0.3 is 19.8 Å². The van der Waals surface area contributed by atoms with E-state index in [1.165, 1.54) is 0 Å². The highest BCUT2D eigenvalue weighted by molar-refractivity contribution is 5.80. The van der Waals surface area contributed by atoms with Crippen LogP contribution in [0.5, 0.6) is 11.5 Å². The third kappa shape index (κ3) is 4.22. The highest BCUT2D eigenvalue weighted by atomic mass is 16.5. The Morgan fingerprint density at radius 2 is 1.93 bits per heavy atom. The van der Waals surface area contributed by atoms with Gasteiger partial charge in [0.05, 0.1) is 37.7 Å². The molecule has 0 radical (unpaired) electrons. The van der Waals surface area contributed by atoms with Crippen LogP contribution in [-0.4, -0.2) is 30.1 Å². The van der Waals surface area contributed by atoms with Gasteiger partial charge in [0.15, 0.2) is 0 Å². The summed E-state index contributed by atoms with van der Waals surface area (Å²) in [5, 5.41) is 3.10. The number of aromatic nitrogens is 2. The summed E-state index contributed by atoms with van der Waals surface area (Å²) in [6.07, 6.45) is 0.219. The summed E-state index contributed by atoms with van der Waals surface area (Å²) in [5.74, 6) is 2.19. The van der Waals surface area contributed by atoms with Crippen molar-refractivity contribution in [2.24, 2.45) is 5.92 Å². The molecule has 1 atom stereocenters. The molecule has 142 valence electrons. The molecule has 1 heterocycles. The average Bonchev–Trinajstić information content (AvgIpc) is 3.09. The van der Waals surface area contributed by atoms with Crippen molar-refractivity contribution in [3.8, 4) is 11.5 Å². The number of benzene rings is 2. The van der Waals surface area contributed by atoms with E-state index in [0.717, 1.165) is 22.4 Å². The molecule has 1 amide bonds. The molecular formula is C21H25N3O3. The lowest BCUT2D eigenvalue weighted by atomic mass is 10.0. The molecule has 3 rings (SSSR count). The van der Waals surface area contributed by atoms with Crippen LogP contribution in [0.25, 0.3) is 11.0 Å². The van der Waals surface area contributed by atoms with E-state index in [9.17, 15) is 4.79 Å². The first-order valence-corrected chi connectivity index (χ1v) is 8.96. The summed E-state index contributed by atoms with van der Waals surface area (Å²) in [6.45, 7) is 4.12. The highest BCUT2D eigenvalue weighted by Gasteiger charge is 2.22. The number of carbonyl (C=O) groups excluding carboxylic acids is 1. The van der Waals surface area contributed by atoms with Crippen LogP contribution in [0.1, 0.15) is 31.3 Å². The monoisotopic (exact) mass is 367 g/mol. The minimum absolute atomic E-state index is 0.0855. The average molecular weight is 367 g/mol. The maximum atomic E-state index is 12.7. The molecule has 0 aliphatic heterocycles. The van der Waals surface area contributed by atoms with Gasteiger partial charge in [0.2, 0.25) is 5.91 Å². The number of aromatic amines is 1. The molecule has 1 aromatic heterocycles. The zero-order valence-corrected chi connectivity index (χ0v) is 16.1. The number of hydrogen-bond donors (Lipinski definition) is 2. The van der Waals surface area contributed by atoms with Gasteiger partial charge in [0.1, 0.15) is 17.3 Å². The number of imidazole rings is 1. The standard InChI is InChI=1S/C21H25N3O3/c1-13(2)20(21-22-16-7-5-6-8-17(16)23-21)24-19(25)11-14-9-10-15(26-3)12-18(14)27-4/h5-10,12-13,20H,11H2,1-4H3,(H,22,23)(H,24,25)/t20-/m0/s1. The van der Waals surface area contributed by atoms with E-state index in [2.05, 4.69) is 29.1 Å². The Kier molecular flexibility index (Phi) is 5.64. The summed E-state index contributed by atoms with van der Waals surface area (Å²) in [7, 11) is 3.18. The molecule has 0 saturated carbocycles. The lowest BCUT2D eigenvalue weighted by Crippen LogP contribution is -2.33. The van der Waals surface area contributed by atoms with Crippen LogP contribution < -0.4 is 14.8 Å². The van der Waals surface area contributed by atoms with E-state index in [4.69, 9.17) is 9.47 Å². The molecule has 0 fully saturated rings. The molecule has 0 aliphatic rings. The van der Waals surface area contributed by atoms with Gasteiger partial charge >= 0.3 is 0 Å². The van der Waals surface area contributed by atoms with Crippen molar-refractivity contribution in [2.45, 2.75) is 26.3 Å². The zero-order chi connectivity index (χ0) is 19.4. The van der Waals surface area contributed by atoms with Crippen molar-refractivity contribution in [1.82, 2.24) is 15.3 Å². The Bertz CT molecular complexity index is 900. The first-order valence-electron chi connectivity index (χ1n) is 8.96. The fourth-order valence-corrected chi connectivity index (χ4v) is 3.07. The van der Waals surface area contributed by atoms with Gasteiger partial charge in [0.25, 0.3) is 0 Å². The molecule has 0 unspecified atom stereocenters. The lowest BCUT2D eigenvalue weighted by Gasteiger charge is -2.20. The summed E-state index contributed by atoms with van der Waals surface area (Å²) in [4.78, 5) is 20.7.